The van der Waals surface area contributed by atoms with Crippen molar-refractivity contribution in [3.63, 3.8) is 0 Å². The van der Waals surface area contributed by atoms with Gasteiger partial charge < -0.3 is 11.1 Å². The van der Waals surface area contributed by atoms with Crippen LogP contribution in [0, 0.1) is 0 Å². The van der Waals surface area contributed by atoms with Crippen LogP contribution in [0.1, 0.15) is 30.7 Å². The van der Waals surface area contributed by atoms with Crippen molar-refractivity contribution in [2.45, 2.75) is 38.3 Å². The average Bonchev–Trinajstić information content (AvgIpc) is 2.83. The summed E-state index contributed by atoms with van der Waals surface area (Å²) in [4.78, 5) is 18.4. The summed E-state index contributed by atoms with van der Waals surface area (Å²) in [5, 5.41) is 4.11. The van der Waals surface area contributed by atoms with Gasteiger partial charge in [0.05, 0.1) is 16.5 Å². The zero-order valence-electron chi connectivity index (χ0n) is 11.9. The molecule has 0 saturated carbocycles. The fourth-order valence-corrected chi connectivity index (χ4v) is 3.81. The van der Waals surface area contributed by atoms with E-state index in [0.717, 1.165) is 28.3 Å². The SMILES string of the molecule is Cl.NCCC(=O)NCC1CCCCN1Cc1ncc(Br)s1. The second-order valence-electron chi connectivity index (χ2n) is 5.02. The summed E-state index contributed by atoms with van der Waals surface area (Å²) < 4.78 is 1.07. The molecular formula is C13H22BrClN4OS. The molecule has 8 heteroatoms. The van der Waals surface area contributed by atoms with Crippen molar-refractivity contribution in [2.24, 2.45) is 5.73 Å². The van der Waals surface area contributed by atoms with Gasteiger partial charge in [-0.1, -0.05) is 6.42 Å². The highest BCUT2D eigenvalue weighted by Crippen LogP contribution is 2.24. The number of nitrogens with two attached hydrogens (primary N) is 1. The smallest absolute Gasteiger partial charge is 0.221 e. The third-order valence-electron chi connectivity index (χ3n) is 3.52. The summed E-state index contributed by atoms with van der Waals surface area (Å²) >= 11 is 5.12. The largest absolute Gasteiger partial charge is 0.354 e. The number of halogens is 2. The molecule has 1 unspecified atom stereocenters. The van der Waals surface area contributed by atoms with E-state index >= 15 is 0 Å². The quantitative estimate of drug-likeness (QED) is 0.771. The van der Waals surface area contributed by atoms with Gasteiger partial charge in [-0.25, -0.2) is 4.98 Å². The maximum atomic E-state index is 11.5. The third kappa shape index (κ3) is 6.20. The molecule has 1 saturated heterocycles. The van der Waals surface area contributed by atoms with Crippen LogP contribution >= 0.6 is 39.7 Å². The highest BCUT2D eigenvalue weighted by Gasteiger charge is 2.23. The van der Waals surface area contributed by atoms with Crippen LogP contribution < -0.4 is 11.1 Å². The molecule has 0 aromatic carbocycles. The van der Waals surface area contributed by atoms with Gasteiger partial charge in [-0.05, 0) is 35.3 Å². The van der Waals surface area contributed by atoms with Crippen LogP contribution in [0.15, 0.2) is 9.98 Å². The van der Waals surface area contributed by atoms with Gasteiger partial charge in [0.15, 0.2) is 0 Å². The molecule has 1 aliphatic heterocycles. The normalized spacial score (nSPS) is 19.0. The van der Waals surface area contributed by atoms with Crippen LogP contribution in [0.25, 0.3) is 0 Å². The second-order valence-corrected chi connectivity index (χ2v) is 7.52. The Labute approximate surface area is 144 Å². The number of piperidine rings is 1. The third-order valence-corrected chi connectivity index (χ3v) is 4.98. The van der Waals surface area contributed by atoms with Gasteiger partial charge in [-0.2, -0.15) is 0 Å². The van der Waals surface area contributed by atoms with E-state index in [4.69, 9.17) is 5.73 Å². The fourth-order valence-electron chi connectivity index (χ4n) is 2.49. The average molecular weight is 398 g/mol. The fraction of sp³-hybridized carbons (Fsp3) is 0.692. The van der Waals surface area contributed by atoms with Gasteiger partial charge >= 0.3 is 0 Å². The Hall–Kier alpha value is -0.210. The minimum Gasteiger partial charge on any atom is -0.354 e. The lowest BCUT2D eigenvalue weighted by Gasteiger charge is -2.35. The van der Waals surface area contributed by atoms with E-state index in [9.17, 15) is 4.79 Å². The molecule has 0 radical (unpaired) electrons. The number of nitrogens with one attached hydrogen (secondary N) is 1. The van der Waals surface area contributed by atoms with Crippen molar-refractivity contribution in [2.75, 3.05) is 19.6 Å². The van der Waals surface area contributed by atoms with Crippen molar-refractivity contribution < 1.29 is 4.79 Å². The summed E-state index contributed by atoms with van der Waals surface area (Å²) in [5.74, 6) is 0.0509. The lowest BCUT2D eigenvalue weighted by atomic mass is 10.0. The summed E-state index contributed by atoms with van der Waals surface area (Å²) in [5.41, 5.74) is 5.39. The Morgan fingerprint density at radius 3 is 3.05 bits per heavy atom. The molecule has 1 aliphatic rings. The molecule has 21 heavy (non-hydrogen) atoms. The first-order valence-corrected chi connectivity index (χ1v) is 8.61. The van der Waals surface area contributed by atoms with Crippen LogP contribution in [0.2, 0.25) is 0 Å². The lowest BCUT2D eigenvalue weighted by molar-refractivity contribution is -0.121. The van der Waals surface area contributed by atoms with E-state index < -0.39 is 0 Å². The first-order valence-electron chi connectivity index (χ1n) is 7.00. The van der Waals surface area contributed by atoms with Gasteiger partial charge in [0, 0.05) is 25.6 Å². The number of aromatic nitrogens is 1. The van der Waals surface area contributed by atoms with Gasteiger partial charge in [0.1, 0.15) is 5.01 Å². The van der Waals surface area contributed by atoms with Crippen LogP contribution in [0.5, 0.6) is 0 Å². The zero-order valence-corrected chi connectivity index (χ0v) is 15.1. The molecular weight excluding hydrogens is 376 g/mol. The molecule has 0 aliphatic carbocycles. The minimum absolute atomic E-state index is 0. The van der Waals surface area contributed by atoms with E-state index in [2.05, 4.69) is 31.1 Å². The van der Waals surface area contributed by atoms with Gasteiger partial charge in [0.2, 0.25) is 5.91 Å². The number of hydrogen-bond donors (Lipinski definition) is 2. The van der Waals surface area contributed by atoms with E-state index in [-0.39, 0.29) is 18.3 Å². The van der Waals surface area contributed by atoms with Crippen molar-refractivity contribution in [3.05, 3.63) is 15.0 Å². The monoisotopic (exact) mass is 396 g/mol. The zero-order chi connectivity index (χ0) is 14.4. The maximum absolute atomic E-state index is 11.5. The number of thiazole rings is 1. The Bertz CT molecular complexity index is 446. The molecule has 1 fully saturated rings. The first kappa shape index (κ1) is 18.8. The van der Waals surface area contributed by atoms with Gasteiger partial charge in [0.25, 0.3) is 0 Å². The topological polar surface area (TPSA) is 71.2 Å². The van der Waals surface area contributed by atoms with Crippen molar-refractivity contribution in [3.8, 4) is 0 Å². The van der Waals surface area contributed by atoms with E-state index in [1.54, 1.807) is 11.3 Å². The second kappa shape index (κ2) is 9.74. The molecule has 2 heterocycles. The number of rotatable bonds is 6. The number of likely N-dealkylation sites (tertiary alicyclic amines) is 1. The van der Waals surface area contributed by atoms with E-state index in [1.165, 1.54) is 12.8 Å². The van der Waals surface area contributed by atoms with Crippen molar-refractivity contribution in [1.82, 2.24) is 15.2 Å². The van der Waals surface area contributed by atoms with Gasteiger partial charge in [-0.15, -0.1) is 23.7 Å². The van der Waals surface area contributed by atoms with Crippen LogP contribution in [0.3, 0.4) is 0 Å². The summed E-state index contributed by atoms with van der Waals surface area (Å²) in [6, 6.07) is 0.410. The molecule has 0 spiro atoms. The molecule has 1 aromatic rings. The summed E-state index contributed by atoms with van der Waals surface area (Å²) in [6.07, 6.45) is 5.85. The molecule has 1 amide bonds. The number of nitrogens with zero attached hydrogens (tertiary/aromatic N) is 2. The number of hydrogen-bond acceptors (Lipinski definition) is 5. The number of carbonyl (C=O) groups is 1. The first-order chi connectivity index (χ1) is 9.69. The predicted octanol–water partition coefficient (Wildman–Crippen LogP) is 2.15. The maximum Gasteiger partial charge on any atom is 0.221 e. The number of carbonyl (C=O) groups excluding carboxylic acids is 1. The molecule has 120 valence electrons. The van der Waals surface area contributed by atoms with Crippen molar-refractivity contribution >= 4 is 45.6 Å². The molecule has 5 nitrogen and oxygen atoms in total. The standard InChI is InChI=1S/C13H21BrN4OS.ClH/c14-11-8-17-13(20-11)9-18-6-2-1-3-10(18)7-16-12(19)4-5-15;/h8,10H,1-7,9,15H2,(H,16,19);1H. The van der Waals surface area contributed by atoms with Gasteiger partial charge in [-0.3, -0.25) is 9.69 Å². The van der Waals surface area contributed by atoms with Crippen LogP contribution in [-0.2, 0) is 11.3 Å². The molecule has 0 bridgehead atoms. The van der Waals surface area contributed by atoms with Crippen LogP contribution in [-0.4, -0.2) is 41.5 Å². The Morgan fingerprint density at radius 1 is 1.57 bits per heavy atom. The van der Waals surface area contributed by atoms with Crippen LogP contribution in [0.4, 0.5) is 0 Å². The van der Waals surface area contributed by atoms with Crippen molar-refractivity contribution in [1.29, 1.82) is 0 Å². The minimum atomic E-state index is 0. The van der Waals surface area contributed by atoms with E-state index in [1.807, 2.05) is 6.20 Å². The summed E-state index contributed by atoms with van der Waals surface area (Å²) in [6.45, 7) is 3.07. The Kier molecular flexibility index (Phi) is 8.73. The Balaban J connectivity index is 0.00000220. The molecule has 1 atom stereocenters. The molecule has 2 rings (SSSR count). The summed E-state index contributed by atoms with van der Waals surface area (Å²) in [7, 11) is 0. The number of amides is 1. The molecule has 3 N–H and O–H groups in total. The highest BCUT2D eigenvalue weighted by atomic mass is 79.9. The molecule has 1 aromatic heterocycles. The Morgan fingerprint density at radius 2 is 2.38 bits per heavy atom. The van der Waals surface area contributed by atoms with E-state index in [0.29, 0.717) is 25.6 Å². The lowest BCUT2D eigenvalue weighted by Crippen LogP contribution is -2.46. The highest BCUT2D eigenvalue weighted by molar-refractivity contribution is 9.11. The predicted molar refractivity (Wildman–Crippen MR) is 91.8 cm³/mol.